The van der Waals surface area contributed by atoms with Gasteiger partial charge in [-0.05, 0) is 103 Å². The van der Waals surface area contributed by atoms with E-state index < -0.39 is 13.3 Å². The maximum Gasteiger partial charge on any atom is 0.289 e. The zero-order valence-electron chi connectivity index (χ0n) is 27.5. The van der Waals surface area contributed by atoms with E-state index in [0.717, 1.165) is 0 Å². The molecule has 0 radical (unpaired) electrons. The lowest BCUT2D eigenvalue weighted by molar-refractivity contribution is 0.0215. The monoisotopic (exact) mass is 740 g/mol. The highest BCUT2D eigenvalue weighted by Gasteiger charge is 2.27. The van der Waals surface area contributed by atoms with Gasteiger partial charge >= 0.3 is 0 Å². The molecule has 1 heterocycles. The van der Waals surface area contributed by atoms with Crippen molar-refractivity contribution in [1.29, 1.82) is 0 Å². The van der Waals surface area contributed by atoms with Crippen LogP contribution in [0.2, 0.25) is 0 Å². The Morgan fingerprint density at radius 1 is 0.500 bits per heavy atom. The molecule has 0 aliphatic carbocycles. The van der Waals surface area contributed by atoms with Crippen LogP contribution in [0, 0.1) is 0 Å². The number of rotatable bonds is 10. The van der Waals surface area contributed by atoms with Crippen molar-refractivity contribution >= 4 is 71.6 Å². The lowest BCUT2D eigenvalue weighted by atomic mass is 10.5. The topological polar surface area (TPSA) is 104 Å². The first-order valence-electron chi connectivity index (χ1n) is 15.0. The first kappa shape index (κ1) is 42.4. The van der Waals surface area contributed by atoms with Crippen LogP contribution in [0.15, 0.2) is 0 Å². The van der Waals surface area contributed by atoms with Crippen molar-refractivity contribution in [3.8, 4) is 0 Å². The lowest BCUT2D eigenvalue weighted by Crippen LogP contribution is -2.43. The summed E-state index contributed by atoms with van der Waals surface area (Å²) in [7, 11) is 0. The summed E-state index contributed by atoms with van der Waals surface area (Å²) >= 11 is 22.9. The smallest absolute Gasteiger partial charge is 0.289 e. The molecule has 0 spiro atoms. The number of thiocarbonyl (C=S) groups is 2. The molecule has 0 aromatic carbocycles. The largest absolute Gasteiger partial charge is 0.377 e. The molecule has 12 nitrogen and oxygen atoms in total. The minimum Gasteiger partial charge on any atom is -0.377 e. The van der Waals surface area contributed by atoms with Gasteiger partial charge in [0.2, 0.25) is 0 Å². The van der Waals surface area contributed by atoms with Crippen molar-refractivity contribution in [2.75, 3.05) is 79.0 Å². The summed E-state index contributed by atoms with van der Waals surface area (Å²) in [4.78, 5) is 3.91. The highest BCUT2D eigenvalue weighted by molar-refractivity contribution is 8.09. The predicted octanol–water partition coefficient (Wildman–Crippen LogP) is 4.57. The van der Waals surface area contributed by atoms with Crippen LogP contribution in [0.5, 0.6) is 0 Å². The van der Waals surface area contributed by atoms with E-state index in [-0.39, 0.29) is 24.4 Å². The molecule has 2 N–H and O–H groups in total. The quantitative estimate of drug-likeness (QED) is 0.241. The highest BCUT2D eigenvalue weighted by atomic mass is 32.5. The zero-order valence-corrected chi connectivity index (χ0v) is 32.5. The van der Waals surface area contributed by atoms with Gasteiger partial charge in [0.05, 0.1) is 77.3 Å². The second kappa shape index (κ2) is 22.8. The maximum absolute atomic E-state index is 5.95. The molecule has 18 heteroatoms. The minimum absolute atomic E-state index is 0.116. The molecule has 0 atom stereocenters. The van der Waals surface area contributed by atoms with Crippen LogP contribution in [0.1, 0.15) is 55.4 Å². The third kappa shape index (κ3) is 19.9. The average molecular weight is 741 g/mol. The second-order valence-electron chi connectivity index (χ2n) is 10.9. The van der Waals surface area contributed by atoms with Gasteiger partial charge in [0.1, 0.15) is 0 Å². The number of hydrogen-bond donors (Lipinski definition) is 2. The standard InChI is InChI=1S/C26H54N4O8P2S4/c1-21(2)35-39(43,36-22(3)4)27-25(41)29-9-13-31-17-19-33-15-11-30(12-16-34-20-18-32-14-10-29)26(42)28-40(44,37-23(5)6)38-24(7)8/h21-24H,9-20H2,1-8H3,(H,27,41,43)(H,28,42,44). The predicted molar refractivity (Wildman–Crippen MR) is 191 cm³/mol. The Morgan fingerprint density at radius 3 is 0.932 bits per heavy atom. The Morgan fingerprint density at radius 2 is 0.727 bits per heavy atom. The van der Waals surface area contributed by atoms with Crippen LogP contribution in [0.3, 0.4) is 0 Å². The van der Waals surface area contributed by atoms with Crippen molar-refractivity contribution in [3.63, 3.8) is 0 Å². The summed E-state index contributed by atoms with van der Waals surface area (Å²) in [5.41, 5.74) is 0. The molecule has 0 bridgehead atoms. The van der Waals surface area contributed by atoms with Crippen molar-refractivity contribution in [2.24, 2.45) is 0 Å². The summed E-state index contributed by atoms with van der Waals surface area (Å²) in [5, 5.41) is 7.24. The van der Waals surface area contributed by atoms with E-state index >= 15 is 0 Å². The number of hydrogen-bond acceptors (Lipinski definition) is 12. The molecule has 1 aliphatic heterocycles. The summed E-state index contributed by atoms with van der Waals surface area (Å²) in [6, 6.07) is 0. The maximum atomic E-state index is 5.95. The Hall–Kier alpha value is 0.360. The molecule has 260 valence electrons. The van der Waals surface area contributed by atoms with Crippen molar-refractivity contribution in [3.05, 3.63) is 0 Å². The lowest BCUT2D eigenvalue weighted by Gasteiger charge is -2.32. The van der Waals surface area contributed by atoms with E-state index in [4.69, 9.17) is 85.1 Å². The number of ether oxygens (including phenoxy) is 4. The van der Waals surface area contributed by atoms with Gasteiger partial charge in [-0.3, -0.25) is 10.2 Å². The highest BCUT2D eigenvalue weighted by Crippen LogP contribution is 2.47. The molecule has 0 aromatic rings. The van der Waals surface area contributed by atoms with Crippen LogP contribution >= 0.6 is 37.7 Å². The first-order valence-corrected chi connectivity index (χ1v) is 21.1. The third-order valence-corrected chi connectivity index (χ3v) is 11.6. The van der Waals surface area contributed by atoms with Crippen LogP contribution in [-0.4, -0.2) is 123 Å². The van der Waals surface area contributed by atoms with Crippen LogP contribution < -0.4 is 10.2 Å². The van der Waals surface area contributed by atoms with Crippen LogP contribution in [-0.2, 0) is 60.7 Å². The van der Waals surface area contributed by atoms with Gasteiger partial charge < -0.3 is 46.8 Å². The summed E-state index contributed by atoms with van der Waals surface area (Å²) in [5.74, 6) is 0. The van der Waals surface area contributed by atoms with E-state index in [1.165, 1.54) is 0 Å². The van der Waals surface area contributed by atoms with Gasteiger partial charge in [-0.25, -0.2) is 0 Å². The molecule has 0 aromatic heterocycles. The Bertz CT molecular complexity index is 816. The summed E-state index contributed by atoms with van der Waals surface area (Å²) < 4.78 is 47.2. The summed E-state index contributed by atoms with van der Waals surface area (Å²) in [6.07, 6.45) is -0.462. The fourth-order valence-corrected chi connectivity index (χ4v) is 10.9. The average Bonchev–Trinajstić information content (AvgIpc) is 2.85. The molecule has 0 amide bonds. The van der Waals surface area contributed by atoms with Gasteiger partial charge in [0, 0.05) is 26.2 Å². The van der Waals surface area contributed by atoms with E-state index in [0.29, 0.717) is 89.3 Å². The third-order valence-electron chi connectivity index (χ3n) is 5.20. The van der Waals surface area contributed by atoms with Gasteiger partial charge in [-0.1, -0.05) is 0 Å². The molecule has 1 aliphatic rings. The molecule has 1 rings (SSSR count). The SMILES string of the molecule is CC(C)OP(=S)(NC(=S)N1CCOCCOCCN(C(=S)NP(=S)(OC(C)C)OC(C)C)CCOCCOCC1)OC(C)C. The van der Waals surface area contributed by atoms with E-state index in [9.17, 15) is 0 Å². The number of nitrogens with zero attached hydrogens (tertiary/aromatic N) is 2. The molecule has 0 saturated carbocycles. The van der Waals surface area contributed by atoms with E-state index in [2.05, 4.69) is 10.2 Å². The van der Waals surface area contributed by atoms with E-state index in [1.54, 1.807) is 0 Å². The van der Waals surface area contributed by atoms with Crippen molar-refractivity contribution in [2.45, 2.75) is 79.8 Å². The molecule has 1 fully saturated rings. The Labute approximate surface area is 286 Å². The molecular formula is C26H54N4O8P2S4. The van der Waals surface area contributed by atoms with Gasteiger partial charge in [-0.2, -0.15) is 0 Å². The zero-order chi connectivity index (χ0) is 33.2. The molecular weight excluding hydrogens is 687 g/mol. The molecule has 44 heavy (non-hydrogen) atoms. The first-order chi connectivity index (χ1) is 20.6. The van der Waals surface area contributed by atoms with E-state index in [1.807, 2.05) is 65.2 Å². The normalized spacial score (nSPS) is 18.0. The second-order valence-corrected chi connectivity index (χ2v) is 17.8. The fraction of sp³-hybridized carbons (Fsp3) is 0.923. The number of nitrogens with one attached hydrogen (secondary N) is 2. The summed E-state index contributed by atoms with van der Waals surface area (Å²) in [6.45, 7) is 15.2. The molecule has 0 unspecified atom stereocenters. The van der Waals surface area contributed by atoms with Crippen LogP contribution in [0.4, 0.5) is 0 Å². The van der Waals surface area contributed by atoms with Crippen molar-refractivity contribution in [1.82, 2.24) is 20.0 Å². The van der Waals surface area contributed by atoms with Crippen LogP contribution in [0.25, 0.3) is 0 Å². The van der Waals surface area contributed by atoms with Gasteiger partial charge in [-0.15, -0.1) is 0 Å². The van der Waals surface area contributed by atoms with Gasteiger partial charge in [0.25, 0.3) is 13.3 Å². The Balaban J connectivity index is 2.76. The molecule has 1 saturated heterocycles. The fourth-order valence-electron chi connectivity index (χ4n) is 3.61. The Kier molecular flexibility index (Phi) is 22.0. The van der Waals surface area contributed by atoms with Crippen molar-refractivity contribution < 1.29 is 37.0 Å². The minimum atomic E-state index is -2.84. The van der Waals surface area contributed by atoms with Gasteiger partial charge in [0.15, 0.2) is 10.2 Å².